The van der Waals surface area contributed by atoms with Gasteiger partial charge >= 0.3 is 6.18 Å². The van der Waals surface area contributed by atoms with E-state index in [0.717, 1.165) is 71.4 Å². The van der Waals surface area contributed by atoms with Crippen LogP contribution in [-0.2, 0) is 19.1 Å². The van der Waals surface area contributed by atoms with Crippen molar-refractivity contribution in [3.05, 3.63) is 72.1 Å². The first-order valence-electron chi connectivity index (χ1n) is 9.64. The SMILES string of the molecule is FC(F)(F)c1ccc(-c2nn3c(c2-c2ccnc4ccccc24)CCCC3)cc1. The van der Waals surface area contributed by atoms with E-state index in [2.05, 4.69) is 4.98 Å². The number of hydrogen-bond donors (Lipinski definition) is 0. The second-order valence-electron chi connectivity index (χ2n) is 7.30. The molecule has 0 amide bonds. The number of benzene rings is 2. The standard InChI is InChI=1S/C23H18F3N3/c24-23(25,26)16-10-8-15(9-11-16)22-21(20-7-3-4-14-29(20)28-22)18-12-13-27-19-6-2-1-5-17(18)19/h1-2,5-6,8-13H,3-4,7,14H2. The lowest BCUT2D eigenvalue weighted by molar-refractivity contribution is -0.137. The molecular weight excluding hydrogens is 375 g/mol. The van der Waals surface area contributed by atoms with Crippen molar-refractivity contribution in [1.29, 1.82) is 0 Å². The molecule has 6 heteroatoms. The molecule has 2 aromatic heterocycles. The van der Waals surface area contributed by atoms with Crippen LogP contribution in [0.25, 0.3) is 33.3 Å². The van der Waals surface area contributed by atoms with Crippen molar-refractivity contribution in [3.63, 3.8) is 0 Å². The Morgan fingerprint density at radius 2 is 1.69 bits per heavy atom. The highest BCUT2D eigenvalue weighted by Crippen LogP contribution is 2.40. The number of pyridine rings is 1. The van der Waals surface area contributed by atoms with Crippen molar-refractivity contribution in [1.82, 2.24) is 14.8 Å². The second kappa shape index (κ2) is 6.72. The number of nitrogens with zero attached hydrogens (tertiary/aromatic N) is 3. The molecule has 0 bridgehead atoms. The van der Waals surface area contributed by atoms with E-state index < -0.39 is 11.7 Å². The van der Waals surface area contributed by atoms with Crippen molar-refractivity contribution in [2.75, 3.05) is 0 Å². The third-order valence-corrected chi connectivity index (χ3v) is 5.50. The smallest absolute Gasteiger partial charge is 0.268 e. The Labute approximate surface area is 165 Å². The molecule has 0 spiro atoms. The summed E-state index contributed by atoms with van der Waals surface area (Å²) in [4.78, 5) is 4.45. The van der Waals surface area contributed by atoms with Crippen LogP contribution in [0.4, 0.5) is 13.2 Å². The second-order valence-corrected chi connectivity index (χ2v) is 7.30. The van der Waals surface area contributed by atoms with Crippen molar-refractivity contribution in [2.45, 2.75) is 32.0 Å². The minimum atomic E-state index is -4.35. The van der Waals surface area contributed by atoms with E-state index in [0.29, 0.717) is 5.56 Å². The maximum Gasteiger partial charge on any atom is 0.416 e. The van der Waals surface area contributed by atoms with Gasteiger partial charge in [0.1, 0.15) is 5.69 Å². The molecule has 0 saturated carbocycles. The Bertz CT molecular complexity index is 1190. The first-order chi connectivity index (χ1) is 14.0. The number of aryl methyl sites for hydroxylation is 1. The Morgan fingerprint density at radius 3 is 2.48 bits per heavy atom. The van der Waals surface area contributed by atoms with Gasteiger partial charge in [0.15, 0.2) is 0 Å². The van der Waals surface area contributed by atoms with Crippen LogP contribution in [-0.4, -0.2) is 14.8 Å². The molecule has 3 nitrogen and oxygen atoms in total. The van der Waals surface area contributed by atoms with Gasteiger partial charge in [0.2, 0.25) is 0 Å². The summed E-state index contributed by atoms with van der Waals surface area (Å²) in [6, 6.07) is 15.2. The lowest BCUT2D eigenvalue weighted by Crippen LogP contribution is -2.11. The number of alkyl halides is 3. The van der Waals surface area contributed by atoms with Crippen LogP contribution < -0.4 is 0 Å². The summed E-state index contributed by atoms with van der Waals surface area (Å²) in [5.41, 5.74) is 4.82. The van der Waals surface area contributed by atoms with E-state index in [-0.39, 0.29) is 0 Å². The molecule has 1 aliphatic rings. The van der Waals surface area contributed by atoms with Crippen LogP contribution in [0, 0.1) is 0 Å². The van der Waals surface area contributed by atoms with E-state index in [1.807, 2.05) is 35.0 Å². The molecule has 0 saturated heterocycles. The number of hydrogen-bond acceptors (Lipinski definition) is 2. The van der Waals surface area contributed by atoms with Gasteiger partial charge in [-0.3, -0.25) is 9.67 Å². The molecular formula is C23H18F3N3. The number of fused-ring (bicyclic) bond motifs is 2. The molecule has 4 aromatic rings. The first kappa shape index (κ1) is 17.9. The highest BCUT2D eigenvalue weighted by molar-refractivity contribution is 5.98. The summed E-state index contributed by atoms with van der Waals surface area (Å²) in [7, 11) is 0. The fraction of sp³-hybridized carbons (Fsp3) is 0.217. The lowest BCUT2D eigenvalue weighted by Gasteiger charge is -2.15. The predicted molar refractivity (Wildman–Crippen MR) is 106 cm³/mol. The normalized spacial score (nSPS) is 14.2. The lowest BCUT2D eigenvalue weighted by atomic mass is 9.93. The zero-order chi connectivity index (χ0) is 20.0. The average Bonchev–Trinajstić information content (AvgIpc) is 3.12. The molecule has 3 heterocycles. The summed E-state index contributed by atoms with van der Waals surface area (Å²) in [6.07, 6.45) is 0.461. The van der Waals surface area contributed by atoms with Gasteiger partial charge in [-0.15, -0.1) is 0 Å². The van der Waals surface area contributed by atoms with Crippen molar-refractivity contribution >= 4 is 10.9 Å². The molecule has 0 unspecified atom stereocenters. The molecule has 0 aliphatic carbocycles. The van der Waals surface area contributed by atoms with Gasteiger partial charge in [-0.25, -0.2) is 0 Å². The summed E-state index contributed by atoms with van der Waals surface area (Å²) in [5.74, 6) is 0. The van der Waals surface area contributed by atoms with E-state index in [1.54, 1.807) is 6.20 Å². The predicted octanol–water partition coefficient (Wildman–Crippen LogP) is 6.12. The maximum atomic E-state index is 13.0. The summed E-state index contributed by atoms with van der Waals surface area (Å²) in [6.45, 7) is 0.825. The molecule has 0 radical (unpaired) electrons. The zero-order valence-electron chi connectivity index (χ0n) is 15.6. The average molecular weight is 393 g/mol. The Morgan fingerprint density at radius 1 is 0.897 bits per heavy atom. The Hall–Kier alpha value is -3.15. The molecule has 0 N–H and O–H groups in total. The van der Waals surface area contributed by atoms with Crippen LogP contribution in [0.1, 0.15) is 24.1 Å². The Balaban J connectivity index is 1.74. The highest BCUT2D eigenvalue weighted by Gasteiger charge is 2.30. The molecule has 146 valence electrons. The van der Waals surface area contributed by atoms with Crippen LogP contribution in [0.15, 0.2) is 60.8 Å². The maximum absolute atomic E-state index is 13.0. The van der Waals surface area contributed by atoms with Gasteiger partial charge in [-0.1, -0.05) is 30.3 Å². The van der Waals surface area contributed by atoms with Crippen molar-refractivity contribution < 1.29 is 13.2 Å². The number of rotatable bonds is 2. The summed E-state index contributed by atoms with van der Waals surface area (Å²) >= 11 is 0. The fourth-order valence-electron chi connectivity index (χ4n) is 4.11. The number of para-hydroxylation sites is 1. The highest BCUT2D eigenvalue weighted by atomic mass is 19.4. The molecule has 5 rings (SSSR count). The van der Waals surface area contributed by atoms with Crippen LogP contribution in [0.3, 0.4) is 0 Å². The van der Waals surface area contributed by atoms with Gasteiger partial charge in [-0.2, -0.15) is 18.3 Å². The van der Waals surface area contributed by atoms with E-state index >= 15 is 0 Å². The van der Waals surface area contributed by atoms with Crippen LogP contribution >= 0.6 is 0 Å². The topological polar surface area (TPSA) is 30.7 Å². The molecule has 1 aliphatic heterocycles. The third-order valence-electron chi connectivity index (χ3n) is 5.50. The largest absolute Gasteiger partial charge is 0.416 e. The van der Waals surface area contributed by atoms with E-state index in [9.17, 15) is 13.2 Å². The summed E-state index contributed by atoms with van der Waals surface area (Å²) in [5, 5.41) is 5.83. The molecule has 0 fully saturated rings. The molecule has 29 heavy (non-hydrogen) atoms. The van der Waals surface area contributed by atoms with E-state index in [4.69, 9.17) is 5.10 Å². The van der Waals surface area contributed by atoms with Gasteiger partial charge in [0, 0.05) is 34.9 Å². The van der Waals surface area contributed by atoms with Crippen LogP contribution in [0.5, 0.6) is 0 Å². The number of halogens is 3. The fourth-order valence-corrected chi connectivity index (χ4v) is 4.11. The minimum Gasteiger partial charge on any atom is -0.268 e. The third kappa shape index (κ3) is 3.09. The molecule has 2 aromatic carbocycles. The molecule has 0 atom stereocenters. The van der Waals surface area contributed by atoms with Gasteiger partial charge in [0.25, 0.3) is 0 Å². The first-order valence-corrected chi connectivity index (χ1v) is 9.64. The van der Waals surface area contributed by atoms with E-state index in [1.165, 1.54) is 12.1 Å². The monoisotopic (exact) mass is 393 g/mol. The quantitative estimate of drug-likeness (QED) is 0.411. The minimum absolute atomic E-state index is 0.652. The van der Waals surface area contributed by atoms with Gasteiger partial charge in [0.05, 0.1) is 11.1 Å². The summed E-state index contributed by atoms with van der Waals surface area (Å²) < 4.78 is 41.0. The Kier molecular flexibility index (Phi) is 4.15. The van der Waals surface area contributed by atoms with Crippen LogP contribution in [0.2, 0.25) is 0 Å². The van der Waals surface area contributed by atoms with Crippen molar-refractivity contribution in [2.24, 2.45) is 0 Å². The van der Waals surface area contributed by atoms with Crippen molar-refractivity contribution in [3.8, 4) is 22.4 Å². The van der Waals surface area contributed by atoms with Gasteiger partial charge in [-0.05, 0) is 49.1 Å². The zero-order valence-corrected chi connectivity index (χ0v) is 15.6. The number of aromatic nitrogens is 3. The van der Waals surface area contributed by atoms with Gasteiger partial charge < -0.3 is 0 Å².